The van der Waals surface area contributed by atoms with Gasteiger partial charge in [-0.3, -0.25) is 0 Å². The second kappa shape index (κ2) is 6.73. The molecule has 4 heteroatoms. The Labute approximate surface area is 138 Å². The van der Waals surface area contributed by atoms with Crippen LogP contribution in [0.4, 0.5) is 0 Å². The molecule has 0 aliphatic rings. The Morgan fingerprint density at radius 3 is 2.11 bits per heavy atom. The number of rotatable bonds is 4. The molecule has 0 fully saturated rings. The summed E-state index contributed by atoms with van der Waals surface area (Å²) in [6.45, 7) is 4.26. The second-order valence-corrected chi connectivity index (χ2v) is 6.56. The van der Waals surface area contributed by atoms with E-state index in [0.717, 1.165) is 30.3 Å². The van der Waals surface area contributed by atoms with Gasteiger partial charge in [0.2, 0.25) is 0 Å². The minimum Gasteiger partial charge on any atom is -0.487 e. The molecular weight excluding hydrogens is 436 g/mol. The predicted octanol–water partition coefficient (Wildman–Crippen LogP) is 6.20. The van der Waals surface area contributed by atoms with Gasteiger partial charge in [0.1, 0.15) is 12.4 Å². The van der Waals surface area contributed by atoms with Crippen LogP contribution >= 0.6 is 47.8 Å². The van der Waals surface area contributed by atoms with Crippen molar-refractivity contribution in [3.05, 3.63) is 67.5 Å². The Kier molecular flexibility index (Phi) is 5.25. The summed E-state index contributed by atoms with van der Waals surface area (Å²) < 4.78 is 8.66. The largest absolute Gasteiger partial charge is 0.487 e. The first-order valence-corrected chi connectivity index (χ1v) is 7.97. The molecule has 0 bridgehead atoms. The lowest BCUT2D eigenvalue weighted by Gasteiger charge is -2.11. The maximum atomic E-state index is 5.84. The fourth-order valence-electron chi connectivity index (χ4n) is 1.57. The van der Waals surface area contributed by atoms with Crippen LogP contribution in [0.5, 0.6) is 5.75 Å². The quantitative estimate of drug-likeness (QED) is 0.543. The average molecular weight is 447 g/mol. The van der Waals surface area contributed by atoms with Crippen LogP contribution in [0.3, 0.4) is 0 Å². The van der Waals surface area contributed by atoms with Crippen molar-refractivity contribution in [3.8, 4) is 5.75 Å². The smallest absolute Gasteiger partial charge is 0.148 e. The molecule has 98 valence electrons. The fraction of sp³-hybridized carbons (Fsp3) is 0.0667. The number of ether oxygens (including phenoxy) is 1. The monoisotopic (exact) mass is 444 g/mol. The maximum absolute atomic E-state index is 5.84. The molecule has 0 atom stereocenters. The number of hydrogen-bond donors (Lipinski definition) is 0. The highest BCUT2D eigenvalue weighted by molar-refractivity contribution is 9.11. The highest BCUT2D eigenvalue weighted by atomic mass is 79.9. The molecule has 0 aromatic heterocycles. The summed E-state index contributed by atoms with van der Waals surface area (Å²) in [4.78, 5) is 0. The fourth-order valence-corrected chi connectivity index (χ4v) is 4.06. The third-order valence-corrected chi connectivity index (χ3v) is 4.20. The third kappa shape index (κ3) is 3.94. The molecule has 2 aromatic rings. The molecule has 0 aliphatic heterocycles. The number of halogens is 3. The first-order chi connectivity index (χ1) is 9.10. The standard InChI is InChI=1S/C15H11Br3O/c1-2-10-3-5-11(6-4-10)9-19-15-13(17)7-12(16)8-14(15)18/h2-8H,1,9H2. The summed E-state index contributed by atoms with van der Waals surface area (Å²) in [7, 11) is 0. The second-order valence-electron chi connectivity index (χ2n) is 3.93. The van der Waals surface area contributed by atoms with Gasteiger partial charge >= 0.3 is 0 Å². The highest BCUT2D eigenvalue weighted by Crippen LogP contribution is 2.36. The van der Waals surface area contributed by atoms with Gasteiger partial charge in [-0.25, -0.2) is 0 Å². The average Bonchev–Trinajstić information content (AvgIpc) is 2.38. The van der Waals surface area contributed by atoms with Crippen molar-refractivity contribution in [2.24, 2.45) is 0 Å². The molecule has 0 N–H and O–H groups in total. The van der Waals surface area contributed by atoms with Gasteiger partial charge in [0.25, 0.3) is 0 Å². The minimum absolute atomic E-state index is 0.524. The summed E-state index contributed by atoms with van der Waals surface area (Å²) >= 11 is 10.4. The number of hydrogen-bond acceptors (Lipinski definition) is 1. The van der Waals surface area contributed by atoms with Crippen LogP contribution in [-0.4, -0.2) is 0 Å². The molecule has 1 nitrogen and oxygen atoms in total. The van der Waals surface area contributed by atoms with E-state index in [2.05, 4.69) is 54.4 Å². The topological polar surface area (TPSA) is 9.23 Å². The zero-order valence-corrected chi connectivity index (χ0v) is 14.8. The molecule has 0 saturated carbocycles. The van der Waals surface area contributed by atoms with Crippen molar-refractivity contribution in [2.75, 3.05) is 0 Å². The molecule has 2 rings (SSSR count). The molecule has 19 heavy (non-hydrogen) atoms. The van der Waals surface area contributed by atoms with E-state index in [0.29, 0.717) is 6.61 Å². The lowest BCUT2D eigenvalue weighted by atomic mass is 10.1. The van der Waals surface area contributed by atoms with Crippen molar-refractivity contribution in [1.82, 2.24) is 0 Å². The van der Waals surface area contributed by atoms with Crippen LogP contribution in [-0.2, 0) is 6.61 Å². The Bertz CT molecular complexity index is 568. The summed E-state index contributed by atoms with van der Waals surface area (Å²) in [5.41, 5.74) is 2.22. The van der Waals surface area contributed by atoms with Crippen LogP contribution in [0.15, 0.2) is 56.4 Å². The van der Waals surface area contributed by atoms with Gasteiger partial charge in [0.05, 0.1) is 8.95 Å². The van der Waals surface area contributed by atoms with Gasteiger partial charge in [-0.05, 0) is 55.1 Å². The van der Waals surface area contributed by atoms with E-state index in [1.165, 1.54) is 0 Å². The van der Waals surface area contributed by atoms with Crippen molar-refractivity contribution in [1.29, 1.82) is 0 Å². The van der Waals surface area contributed by atoms with Crippen molar-refractivity contribution in [3.63, 3.8) is 0 Å². The van der Waals surface area contributed by atoms with Gasteiger partial charge in [-0.1, -0.05) is 52.9 Å². The molecule has 2 aromatic carbocycles. The summed E-state index contributed by atoms with van der Waals surface area (Å²) in [6, 6.07) is 12.0. The lowest BCUT2D eigenvalue weighted by Crippen LogP contribution is -1.97. The first kappa shape index (κ1) is 14.8. The Morgan fingerprint density at radius 1 is 1.00 bits per heavy atom. The van der Waals surface area contributed by atoms with Gasteiger partial charge in [0, 0.05) is 4.47 Å². The Morgan fingerprint density at radius 2 is 1.58 bits per heavy atom. The van der Waals surface area contributed by atoms with Gasteiger partial charge in [-0.15, -0.1) is 0 Å². The van der Waals surface area contributed by atoms with Crippen LogP contribution in [0.2, 0.25) is 0 Å². The molecule has 0 amide bonds. The first-order valence-electron chi connectivity index (χ1n) is 5.59. The summed E-state index contributed by atoms with van der Waals surface area (Å²) in [6.07, 6.45) is 1.83. The highest BCUT2D eigenvalue weighted by Gasteiger charge is 2.08. The van der Waals surface area contributed by atoms with E-state index < -0.39 is 0 Å². The van der Waals surface area contributed by atoms with E-state index in [9.17, 15) is 0 Å². The zero-order chi connectivity index (χ0) is 13.8. The van der Waals surface area contributed by atoms with Crippen molar-refractivity contribution >= 4 is 53.9 Å². The van der Waals surface area contributed by atoms with Crippen LogP contribution in [0.25, 0.3) is 6.08 Å². The van der Waals surface area contributed by atoms with Gasteiger partial charge in [-0.2, -0.15) is 0 Å². The van der Waals surface area contributed by atoms with Gasteiger partial charge in [0.15, 0.2) is 0 Å². The molecule has 0 spiro atoms. The van der Waals surface area contributed by atoms with Gasteiger partial charge < -0.3 is 4.74 Å². The lowest BCUT2D eigenvalue weighted by molar-refractivity contribution is 0.302. The molecule has 0 unspecified atom stereocenters. The van der Waals surface area contributed by atoms with Crippen LogP contribution < -0.4 is 4.74 Å². The Balaban J connectivity index is 2.12. The summed E-state index contributed by atoms with van der Waals surface area (Å²) in [5.74, 6) is 0.802. The van der Waals surface area contributed by atoms with Crippen molar-refractivity contribution < 1.29 is 4.74 Å². The van der Waals surface area contributed by atoms with Crippen molar-refractivity contribution in [2.45, 2.75) is 6.61 Å². The Hall–Kier alpha value is -0.580. The SMILES string of the molecule is C=Cc1ccc(COc2c(Br)cc(Br)cc2Br)cc1. The minimum atomic E-state index is 0.524. The van der Waals surface area contributed by atoms with E-state index in [1.54, 1.807) is 0 Å². The maximum Gasteiger partial charge on any atom is 0.148 e. The summed E-state index contributed by atoms with van der Waals surface area (Å²) in [5, 5.41) is 0. The molecule has 0 aliphatic carbocycles. The van der Waals surface area contributed by atoms with Crippen LogP contribution in [0, 0.1) is 0 Å². The predicted molar refractivity (Wildman–Crippen MR) is 90.4 cm³/mol. The normalized spacial score (nSPS) is 10.3. The molecular formula is C15H11Br3O. The van der Waals surface area contributed by atoms with E-state index in [4.69, 9.17) is 4.74 Å². The third-order valence-electron chi connectivity index (χ3n) is 2.56. The van der Waals surface area contributed by atoms with E-state index in [1.807, 2.05) is 42.5 Å². The number of benzene rings is 2. The van der Waals surface area contributed by atoms with Crippen LogP contribution in [0.1, 0.15) is 11.1 Å². The molecule has 0 heterocycles. The zero-order valence-electron chi connectivity index (χ0n) is 10.00. The molecule has 0 saturated heterocycles. The van der Waals surface area contributed by atoms with E-state index in [-0.39, 0.29) is 0 Å². The molecule has 0 radical (unpaired) electrons. The van der Waals surface area contributed by atoms with E-state index >= 15 is 0 Å².